The van der Waals surface area contributed by atoms with Crippen LogP contribution in [0.15, 0.2) is 47.2 Å². The highest BCUT2D eigenvalue weighted by molar-refractivity contribution is 9.10. The van der Waals surface area contributed by atoms with E-state index in [2.05, 4.69) is 88.3 Å². The molecule has 0 fully saturated rings. The number of aryl methyl sites for hydroxylation is 2. The van der Waals surface area contributed by atoms with E-state index in [4.69, 9.17) is 0 Å². The number of halogens is 1. The molecule has 0 aliphatic heterocycles. The van der Waals surface area contributed by atoms with Crippen molar-refractivity contribution in [2.45, 2.75) is 40.2 Å². The maximum Gasteiger partial charge on any atom is 0.225 e. The molecular weight excluding hydrogens is 402 g/mol. The molecule has 0 atom stereocenters. The van der Waals surface area contributed by atoms with Gasteiger partial charge in [0.2, 0.25) is 5.95 Å². The van der Waals surface area contributed by atoms with Crippen LogP contribution in [-0.4, -0.2) is 20.5 Å². The van der Waals surface area contributed by atoms with Crippen LogP contribution in [0.5, 0.6) is 0 Å². The summed E-state index contributed by atoms with van der Waals surface area (Å²) in [7, 11) is 0. The van der Waals surface area contributed by atoms with Gasteiger partial charge in [-0.3, -0.25) is 4.98 Å². The Morgan fingerprint density at radius 1 is 1.00 bits per heavy atom. The molecule has 5 nitrogen and oxygen atoms in total. The quantitative estimate of drug-likeness (QED) is 0.546. The summed E-state index contributed by atoms with van der Waals surface area (Å²) in [6, 6.07) is 10.0. The lowest BCUT2D eigenvalue weighted by molar-refractivity contribution is 0.626. The van der Waals surface area contributed by atoms with Gasteiger partial charge in [-0.2, -0.15) is 4.98 Å². The zero-order chi connectivity index (χ0) is 19.6. The first-order chi connectivity index (χ1) is 12.7. The molecule has 0 aliphatic rings. The lowest BCUT2D eigenvalue weighted by Crippen LogP contribution is -2.27. The number of rotatable bonds is 4. The predicted octanol–water partition coefficient (Wildman–Crippen LogP) is 5.87. The third-order valence-corrected chi connectivity index (χ3v) is 4.38. The van der Waals surface area contributed by atoms with Crippen molar-refractivity contribution in [2.24, 2.45) is 0 Å². The highest BCUT2D eigenvalue weighted by Gasteiger charge is 2.15. The average molecular weight is 426 g/mol. The molecule has 3 rings (SSSR count). The number of nitrogens with zero attached hydrogens (tertiary/aromatic N) is 3. The maximum atomic E-state index is 4.68. The van der Waals surface area contributed by atoms with Crippen molar-refractivity contribution in [3.63, 3.8) is 0 Å². The minimum Gasteiger partial charge on any atom is -0.350 e. The molecule has 0 amide bonds. The highest BCUT2D eigenvalue weighted by atomic mass is 79.9. The molecule has 2 aromatic heterocycles. The van der Waals surface area contributed by atoms with Crippen molar-refractivity contribution >= 4 is 33.4 Å². The van der Waals surface area contributed by atoms with Crippen molar-refractivity contribution < 1.29 is 0 Å². The summed E-state index contributed by atoms with van der Waals surface area (Å²) in [6.45, 7) is 10.4. The third kappa shape index (κ3) is 5.04. The van der Waals surface area contributed by atoms with Gasteiger partial charge in [-0.25, -0.2) is 4.98 Å². The van der Waals surface area contributed by atoms with E-state index in [9.17, 15) is 0 Å². The highest BCUT2D eigenvalue weighted by Crippen LogP contribution is 2.29. The average Bonchev–Trinajstić information content (AvgIpc) is 2.57. The van der Waals surface area contributed by atoms with Crippen LogP contribution in [0.3, 0.4) is 0 Å². The molecule has 0 spiro atoms. The Hall–Kier alpha value is -2.47. The first-order valence-corrected chi connectivity index (χ1v) is 9.62. The van der Waals surface area contributed by atoms with Gasteiger partial charge in [0, 0.05) is 39.7 Å². The fourth-order valence-corrected chi connectivity index (χ4v) is 3.49. The summed E-state index contributed by atoms with van der Waals surface area (Å²) in [5.74, 6) is 1.32. The van der Waals surface area contributed by atoms with Crippen molar-refractivity contribution in [3.05, 3.63) is 58.3 Å². The molecule has 27 heavy (non-hydrogen) atoms. The maximum absolute atomic E-state index is 4.68. The van der Waals surface area contributed by atoms with Gasteiger partial charge in [-0.05, 0) is 70.0 Å². The Balaban J connectivity index is 2.05. The van der Waals surface area contributed by atoms with Crippen LogP contribution < -0.4 is 10.6 Å². The number of aromatic nitrogens is 3. The van der Waals surface area contributed by atoms with Gasteiger partial charge in [0.25, 0.3) is 0 Å². The fraction of sp³-hybridized carbons (Fsp3) is 0.286. The van der Waals surface area contributed by atoms with Crippen molar-refractivity contribution in [2.75, 3.05) is 10.6 Å². The molecular formula is C21H24BrN5. The van der Waals surface area contributed by atoms with Crippen LogP contribution in [-0.2, 0) is 0 Å². The molecule has 140 valence electrons. The van der Waals surface area contributed by atoms with E-state index in [1.165, 1.54) is 0 Å². The number of hydrogen-bond donors (Lipinski definition) is 2. The number of anilines is 3. The van der Waals surface area contributed by atoms with E-state index in [1.807, 2.05) is 24.4 Å². The minimum atomic E-state index is -0.145. The number of hydrogen-bond acceptors (Lipinski definition) is 5. The summed E-state index contributed by atoms with van der Waals surface area (Å²) in [6.07, 6.45) is 3.57. The SMILES string of the molecule is Cc1cc(Br)cc(C)c1Nc1cc(-c2cccnc2)nc(NC(C)(C)C)n1. The van der Waals surface area contributed by atoms with Gasteiger partial charge in [0.05, 0.1) is 5.69 Å². The van der Waals surface area contributed by atoms with Crippen molar-refractivity contribution in [1.29, 1.82) is 0 Å². The van der Waals surface area contributed by atoms with Gasteiger partial charge in [-0.15, -0.1) is 0 Å². The molecule has 0 aliphatic carbocycles. The Morgan fingerprint density at radius 3 is 2.30 bits per heavy atom. The van der Waals surface area contributed by atoms with Crippen LogP contribution in [0.25, 0.3) is 11.3 Å². The van der Waals surface area contributed by atoms with E-state index in [0.717, 1.165) is 38.4 Å². The van der Waals surface area contributed by atoms with Gasteiger partial charge >= 0.3 is 0 Å². The monoisotopic (exact) mass is 425 g/mol. The number of benzene rings is 1. The second kappa shape index (κ2) is 7.64. The summed E-state index contributed by atoms with van der Waals surface area (Å²) >= 11 is 3.55. The van der Waals surface area contributed by atoms with Crippen molar-refractivity contribution in [1.82, 2.24) is 15.0 Å². The lowest BCUT2D eigenvalue weighted by Gasteiger charge is -2.22. The molecule has 2 N–H and O–H groups in total. The molecule has 2 heterocycles. The van der Waals surface area contributed by atoms with E-state index >= 15 is 0 Å². The Labute approximate surface area is 168 Å². The second-order valence-corrected chi connectivity index (χ2v) is 8.53. The number of nitrogens with one attached hydrogen (secondary N) is 2. The molecule has 6 heteroatoms. The number of pyridine rings is 1. The largest absolute Gasteiger partial charge is 0.350 e. The molecule has 0 unspecified atom stereocenters. The molecule has 0 radical (unpaired) electrons. The molecule has 0 bridgehead atoms. The van der Waals surface area contributed by atoms with Gasteiger partial charge in [0.15, 0.2) is 0 Å². The first kappa shape index (κ1) is 19.3. The summed E-state index contributed by atoms with van der Waals surface area (Å²) in [5, 5.41) is 6.84. The van der Waals surface area contributed by atoms with Crippen LogP contribution >= 0.6 is 15.9 Å². The van der Waals surface area contributed by atoms with Crippen molar-refractivity contribution in [3.8, 4) is 11.3 Å². The summed E-state index contributed by atoms with van der Waals surface area (Å²) in [5.41, 5.74) is 4.97. The molecule has 0 saturated heterocycles. The zero-order valence-corrected chi connectivity index (χ0v) is 17.8. The first-order valence-electron chi connectivity index (χ1n) is 8.83. The standard InChI is InChI=1S/C21H24BrN5/c1-13-9-16(22)10-14(2)19(13)25-18-11-17(15-7-6-8-23-12-15)24-20(26-18)27-21(3,4)5/h6-12H,1-5H3,(H2,24,25,26,27). The van der Waals surface area contributed by atoms with Crippen LogP contribution in [0.4, 0.5) is 17.5 Å². The normalized spacial score (nSPS) is 11.3. The van der Waals surface area contributed by atoms with E-state index in [-0.39, 0.29) is 5.54 Å². The van der Waals surface area contributed by atoms with Crippen LogP contribution in [0.2, 0.25) is 0 Å². The summed E-state index contributed by atoms with van der Waals surface area (Å²) < 4.78 is 1.07. The predicted molar refractivity (Wildman–Crippen MR) is 116 cm³/mol. The Morgan fingerprint density at radius 2 is 1.70 bits per heavy atom. The fourth-order valence-electron chi connectivity index (χ4n) is 2.80. The zero-order valence-electron chi connectivity index (χ0n) is 16.3. The van der Waals surface area contributed by atoms with Gasteiger partial charge in [-0.1, -0.05) is 15.9 Å². The molecule has 0 saturated carbocycles. The Bertz CT molecular complexity index is 926. The van der Waals surface area contributed by atoms with Crippen LogP contribution in [0, 0.1) is 13.8 Å². The third-order valence-electron chi connectivity index (χ3n) is 3.92. The molecule has 3 aromatic rings. The lowest BCUT2D eigenvalue weighted by atomic mass is 10.1. The van der Waals surface area contributed by atoms with Gasteiger partial charge < -0.3 is 10.6 Å². The molecule has 1 aromatic carbocycles. The smallest absolute Gasteiger partial charge is 0.225 e. The summed E-state index contributed by atoms with van der Waals surface area (Å²) in [4.78, 5) is 13.6. The van der Waals surface area contributed by atoms with E-state index in [0.29, 0.717) is 5.95 Å². The second-order valence-electron chi connectivity index (χ2n) is 7.62. The Kier molecular flexibility index (Phi) is 5.46. The van der Waals surface area contributed by atoms with Crippen LogP contribution in [0.1, 0.15) is 31.9 Å². The topological polar surface area (TPSA) is 62.7 Å². The van der Waals surface area contributed by atoms with Gasteiger partial charge in [0.1, 0.15) is 5.82 Å². The van der Waals surface area contributed by atoms with E-state index in [1.54, 1.807) is 6.20 Å². The van der Waals surface area contributed by atoms with E-state index < -0.39 is 0 Å². The minimum absolute atomic E-state index is 0.145.